The van der Waals surface area contributed by atoms with E-state index in [0.717, 1.165) is 6.42 Å². The van der Waals surface area contributed by atoms with Crippen LogP contribution < -0.4 is 0 Å². The molecule has 1 atom stereocenters. The Morgan fingerprint density at radius 1 is 0.909 bits per heavy atom. The van der Waals surface area contributed by atoms with Crippen LogP contribution in [0.15, 0.2) is 0 Å². The monoisotopic (exact) mass is 343 g/mol. The molecular formula is C17H37NO2Si2. The Morgan fingerprint density at radius 3 is 1.73 bits per heavy atom. The summed E-state index contributed by atoms with van der Waals surface area (Å²) in [4.78, 5) is 0. The van der Waals surface area contributed by atoms with Gasteiger partial charge in [-0.15, -0.1) is 0 Å². The molecule has 0 radical (unpaired) electrons. The van der Waals surface area contributed by atoms with Crippen molar-refractivity contribution in [3.05, 3.63) is 0 Å². The van der Waals surface area contributed by atoms with Crippen molar-refractivity contribution in [2.24, 2.45) is 0 Å². The van der Waals surface area contributed by atoms with Gasteiger partial charge in [0.1, 0.15) is 0 Å². The van der Waals surface area contributed by atoms with Gasteiger partial charge in [-0.3, -0.25) is 0 Å². The minimum atomic E-state index is -1.83. The molecule has 0 amide bonds. The van der Waals surface area contributed by atoms with E-state index >= 15 is 0 Å². The van der Waals surface area contributed by atoms with E-state index in [1.54, 1.807) is 0 Å². The molecule has 0 saturated carbocycles. The summed E-state index contributed by atoms with van der Waals surface area (Å²) in [5, 5.41) is 9.47. The Hall–Kier alpha value is -0.156. The molecule has 0 saturated heterocycles. The highest BCUT2D eigenvalue weighted by molar-refractivity contribution is 6.74. The van der Waals surface area contributed by atoms with Gasteiger partial charge in [-0.2, -0.15) is 5.26 Å². The van der Waals surface area contributed by atoms with Crippen LogP contribution in [-0.2, 0) is 8.85 Å². The fraction of sp³-hybridized carbons (Fsp3) is 0.941. The maximum absolute atomic E-state index is 9.08. The third-order valence-electron chi connectivity index (χ3n) is 5.30. The number of hydrogen-bond acceptors (Lipinski definition) is 3. The van der Waals surface area contributed by atoms with E-state index in [-0.39, 0.29) is 16.2 Å². The van der Waals surface area contributed by atoms with Gasteiger partial charge in [0.05, 0.1) is 18.6 Å². The van der Waals surface area contributed by atoms with Crippen LogP contribution >= 0.6 is 0 Å². The maximum Gasteiger partial charge on any atom is 0.192 e. The second-order valence-corrected chi connectivity index (χ2v) is 18.8. The van der Waals surface area contributed by atoms with Crippen molar-refractivity contribution >= 4 is 16.6 Å². The van der Waals surface area contributed by atoms with Gasteiger partial charge >= 0.3 is 0 Å². The van der Waals surface area contributed by atoms with Crippen molar-refractivity contribution in [3.63, 3.8) is 0 Å². The van der Waals surface area contributed by atoms with E-state index in [1.165, 1.54) is 0 Å². The van der Waals surface area contributed by atoms with E-state index < -0.39 is 16.6 Å². The van der Waals surface area contributed by atoms with Gasteiger partial charge in [-0.1, -0.05) is 41.5 Å². The van der Waals surface area contributed by atoms with Crippen LogP contribution in [0.5, 0.6) is 0 Å². The molecule has 0 aliphatic heterocycles. The first-order valence-corrected chi connectivity index (χ1v) is 14.1. The molecule has 0 aromatic heterocycles. The number of hydrogen-bond donors (Lipinski definition) is 0. The predicted octanol–water partition coefficient (Wildman–Crippen LogP) is 5.70. The van der Waals surface area contributed by atoms with Crippen molar-refractivity contribution in [3.8, 4) is 6.07 Å². The topological polar surface area (TPSA) is 42.2 Å². The smallest absolute Gasteiger partial charge is 0.192 e. The standard InChI is InChI=1S/C17H37NO2Si2/c1-16(2,3)21(7,8)19-14-12-15(11-13-18)20-22(9,10)17(4,5)6/h15H,11-12,14H2,1-10H3/t15-/m1/s1. The average Bonchev–Trinajstić information content (AvgIpc) is 2.25. The van der Waals surface area contributed by atoms with Crippen molar-refractivity contribution in [2.45, 2.75) is 96.8 Å². The lowest BCUT2D eigenvalue weighted by Crippen LogP contribution is -2.45. The second-order valence-electron chi connectivity index (χ2n) is 9.26. The largest absolute Gasteiger partial charge is 0.417 e. The third-order valence-corrected chi connectivity index (χ3v) is 14.4. The zero-order valence-electron chi connectivity index (χ0n) is 16.5. The first-order chi connectivity index (χ1) is 9.64. The van der Waals surface area contributed by atoms with Gasteiger partial charge in [0, 0.05) is 6.61 Å². The number of nitriles is 1. The van der Waals surface area contributed by atoms with Gasteiger partial charge in [0.2, 0.25) is 0 Å². The van der Waals surface area contributed by atoms with Crippen LogP contribution in [0.25, 0.3) is 0 Å². The van der Waals surface area contributed by atoms with Crippen molar-refractivity contribution in [1.82, 2.24) is 0 Å². The van der Waals surface area contributed by atoms with Crippen LogP contribution in [0.2, 0.25) is 36.3 Å². The van der Waals surface area contributed by atoms with Gasteiger partial charge in [0.15, 0.2) is 16.6 Å². The molecule has 0 unspecified atom stereocenters. The molecule has 0 rings (SSSR count). The van der Waals surface area contributed by atoms with Crippen molar-refractivity contribution in [2.75, 3.05) is 6.61 Å². The quantitative estimate of drug-likeness (QED) is 0.557. The molecule has 0 spiro atoms. The molecule has 0 N–H and O–H groups in total. The summed E-state index contributed by atoms with van der Waals surface area (Å²) in [6.45, 7) is 23.1. The number of rotatable bonds is 7. The minimum absolute atomic E-state index is 0.00402. The van der Waals surface area contributed by atoms with Gasteiger partial charge in [-0.05, 0) is 42.7 Å². The molecule has 22 heavy (non-hydrogen) atoms. The molecule has 5 heteroatoms. The highest BCUT2D eigenvalue weighted by Crippen LogP contribution is 2.39. The second kappa shape index (κ2) is 7.61. The van der Waals surface area contributed by atoms with Gasteiger partial charge in [0.25, 0.3) is 0 Å². The average molecular weight is 344 g/mol. The van der Waals surface area contributed by atoms with Crippen molar-refractivity contribution < 1.29 is 8.85 Å². The molecule has 0 fully saturated rings. The lowest BCUT2D eigenvalue weighted by molar-refractivity contribution is 0.145. The Labute approximate surface area is 140 Å². The summed E-state index contributed by atoms with van der Waals surface area (Å²) < 4.78 is 12.6. The van der Waals surface area contributed by atoms with Crippen molar-refractivity contribution in [1.29, 1.82) is 5.26 Å². The Bertz CT molecular complexity index is 387. The summed E-state index contributed by atoms with van der Waals surface area (Å²) in [6, 6.07) is 2.27. The molecule has 3 nitrogen and oxygen atoms in total. The highest BCUT2D eigenvalue weighted by atomic mass is 28.4. The molecular weight excluding hydrogens is 306 g/mol. The first kappa shape index (κ1) is 21.8. The van der Waals surface area contributed by atoms with Gasteiger partial charge in [-0.25, -0.2) is 0 Å². The summed E-state index contributed by atoms with van der Waals surface area (Å²) in [5.74, 6) is 0. The van der Waals surface area contributed by atoms with E-state index in [0.29, 0.717) is 13.0 Å². The molecule has 0 aliphatic carbocycles. The fourth-order valence-electron chi connectivity index (χ4n) is 1.56. The third kappa shape index (κ3) is 6.53. The predicted molar refractivity (Wildman–Crippen MR) is 100 cm³/mol. The highest BCUT2D eigenvalue weighted by Gasteiger charge is 2.40. The summed E-state index contributed by atoms with van der Waals surface area (Å²) in [7, 11) is -3.55. The van der Waals surface area contributed by atoms with E-state index in [2.05, 4.69) is 73.8 Å². The molecule has 0 heterocycles. The zero-order valence-corrected chi connectivity index (χ0v) is 18.5. The molecule has 0 aromatic carbocycles. The summed E-state index contributed by atoms with van der Waals surface area (Å²) in [5.41, 5.74) is 0. The molecule has 0 bridgehead atoms. The summed E-state index contributed by atoms with van der Waals surface area (Å²) in [6.07, 6.45) is 1.26. The fourth-order valence-corrected chi connectivity index (χ4v) is 4.01. The van der Waals surface area contributed by atoms with Gasteiger partial charge < -0.3 is 8.85 Å². The lowest BCUT2D eigenvalue weighted by atomic mass is 10.2. The van der Waals surface area contributed by atoms with E-state index in [4.69, 9.17) is 14.1 Å². The van der Waals surface area contributed by atoms with Crippen LogP contribution in [0, 0.1) is 11.3 Å². The molecule has 130 valence electrons. The van der Waals surface area contributed by atoms with Crippen LogP contribution in [-0.4, -0.2) is 29.3 Å². The Balaban J connectivity index is 4.67. The Kier molecular flexibility index (Phi) is 7.55. The van der Waals surface area contributed by atoms with E-state index in [9.17, 15) is 0 Å². The van der Waals surface area contributed by atoms with Crippen LogP contribution in [0.3, 0.4) is 0 Å². The maximum atomic E-state index is 9.08. The normalized spacial score (nSPS) is 15.5. The molecule has 0 aliphatic rings. The first-order valence-electron chi connectivity index (χ1n) is 8.33. The van der Waals surface area contributed by atoms with Crippen LogP contribution in [0.1, 0.15) is 54.4 Å². The zero-order chi connectivity index (χ0) is 17.8. The minimum Gasteiger partial charge on any atom is -0.417 e. The lowest BCUT2D eigenvalue weighted by Gasteiger charge is -2.40. The SMILES string of the molecule is CC(C)(C)[Si](C)(C)OCC[C@@H](CC#N)O[Si](C)(C)C(C)(C)C. The summed E-state index contributed by atoms with van der Waals surface area (Å²) >= 11 is 0. The molecule has 0 aromatic rings. The van der Waals surface area contributed by atoms with Crippen LogP contribution in [0.4, 0.5) is 0 Å². The Morgan fingerprint density at radius 2 is 1.36 bits per heavy atom. The number of nitrogens with zero attached hydrogens (tertiary/aromatic N) is 1. The van der Waals surface area contributed by atoms with E-state index in [1.807, 2.05) is 0 Å².